The number of pyridine rings is 1. The lowest BCUT2D eigenvalue weighted by Crippen LogP contribution is -2.54. The van der Waals surface area contributed by atoms with Crippen molar-refractivity contribution in [1.29, 1.82) is 0 Å². The van der Waals surface area contributed by atoms with Gasteiger partial charge in [-0.25, -0.2) is 4.79 Å². The van der Waals surface area contributed by atoms with Crippen molar-refractivity contribution in [1.82, 2.24) is 29.9 Å². The number of ether oxygens (including phenoxy) is 3. The van der Waals surface area contributed by atoms with Gasteiger partial charge in [0.1, 0.15) is 23.3 Å². The van der Waals surface area contributed by atoms with Crippen LogP contribution in [0.15, 0.2) is 41.3 Å². The van der Waals surface area contributed by atoms with E-state index in [9.17, 15) is 33.6 Å². The number of unbranched alkanes of at least 4 members (excludes halogenated alkanes) is 2. The molecule has 4 heterocycles. The van der Waals surface area contributed by atoms with Crippen molar-refractivity contribution in [2.45, 2.75) is 64.1 Å². The number of benzene rings is 2. The molecule has 7 amide bonds. The second-order valence-electron chi connectivity index (χ2n) is 14.0. The Kier molecular flexibility index (Phi) is 11.8. The van der Waals surface area contributed by atoms with E-state index in [2.05, 4.69) is 10.6 Å². The van der Waals surface area contributed by atoms with Gasteiger partial charge in [-0.05, 0) is 67.5 Å². The van der Waals surface area contributed by atoms with Crippen molar-refractivity contribution >= 4 is 35.6 Å². The van der Waals surface area contributed by atoms with E-state index in [1.807, 2.05) is 12.1 Å². The maximum absolute atomic E-state index is 13.3. The normalized spacial score (nSPS) is 16.3. The fourth-order valence-electron chi connectivity index (χ4n) is 7.53. The van der Waals surface area contributed by atoms with Crippen molar-refractivity contribution in [3.8, 4) is 28.4 Å². The van der Waals surface area contributed by atoms with Gasteiger partial charge in [-0.15, -0.1) is 0 Å². The molecule has 0 spiro atoms. The molecule has 16 heteroatoms. The molecule has 3 aliphatic heterocycles. The summed E-state index contributed by atoms with van der Waals surface area (Å²) in [5.41, 5.74) is 3.82. The van der Waals surface area contributed by atoms with Crippen molar-refractivity contribution in [2.24, 2.45) is 7.05 Å². The van der Waals surface area contributed by atoms with Crippen molar-refractivity contribution in [3.05, 3.63) is 74.7 Å². The van der Waals surface area contributed by atoms with Crippen LogP contribution in [0.25, 0.3) is 11.1 Å². The van der Waals surface area contributed by atoms with Gasteiger partial charge in [0, 0.05) is 57.9 Å². The van der Waals surface area contributed by atoms with Gasteiger partial charge in [-0.3, -0.25) is 39.0 Å². The Morgan fingerprint density at radius 2 is 1.66 bits per heavy atom. The fourth-order valence-corrected chi connectivity index (χ4v) is 7.53. The highest BCUT2D eigenvalue weighted by molar-refractivity contribution is 6.24. The smallest absolute Gasteiger partial charge is 0.317 e. The molecule has 3 aromatic rings. The molecule has 2 aromatic carbocycles. The highest BCUT2D eigenvalue weighted by Crippen LogP contribution is 2.38. The Hall–Kier alpha value is -6.19. The molecule has 3 aliphatic rings. The lowest BCUT2D eigenvalue weighted by molar-refractivity contribution is -0.136. The number of methoxy groups -OCH3 is 2. The minimum atomic E-state index is -1.06. The average Bonchev–Trinajstić information content (AvgIpc) is 3.45. The third-order valence-electron chi connectivity index (χ3n) is 10.5. The van der Waals surface area contributed by atoms with E-state index in [-0.39, 0.29) is 73.3 Å². The Morgan fingerprint density at radius 1 is 0.929 bits per heavy atom. The van der Waals surface area contributed by atoms with Crippen molar-refractivity contribution in [3.63, 3.8) is 0 Å². The first-order valence-corrected chi connectivity index (χ1v) is 18.5. The van der Waals surface area contributed by atoms with Gasteiger partial charge in [0.2, 0.25) is 17.7 Å². The van der Waals surface area contributed by atoms with Crippen LogP contribution < -0.4 is 30.4 Å². The maximum Gasteiger partial charge on any atom is 0.317 e. The molecule has 16 nitrogen and oxygen atoms in total. The topological polar surface area (TPSA) is 186 Å². The summed E-state index contributed by atoms with van der Waals surface area (Å²) in [5.74, 6) is -1.14. The molecule has 6 rings (SSSR count). The number of aryl methyl sites for hydroxylation is 1. The summed E-state index contributed by atoms with van der Waals surface area (Å²) in [6.45, 7) is 1.13. The van der Waals surface area contributed by atoms with Gasteiger partial charge >= 0.3 is 6.03 Å². The van der Waals surface area contributed by atoms with E-state index >= 15 is 0 Å². The van der Waals surface area contributed by atoms with Crippen LogP contribution in [0.5, 0.6) is 17.2 Å². The number of nitrogens with one attached hydrogen (secondary N) is 2. The first-order chi connectivity index (χ1) is 26.9. The Bertz CT molecular complexity index is 2140. The predicted molar refractivity (Wildman–Crippen MR) is 202 cm³/mol. The van der Waals surface area contributed by atoms with E-state index in [4.69, 9.17) is 14.2 Å². The van der Waals surface area contributed by atoms with E-state index in [0.29, 0.717) is 54.9 Å². The van der Waals surface area contributed by atoms with Crippen LogP contribution >= 0.6 is 0 Å². The molecule has 1 fully saturated rings. The summed E-state index contributed by atoms with van der Waals surface area (Å²) >= 11 is 0. The van der Waals surface area contributed by atoms with Crippen LogP contribution in [0, 0.1) is 0 Å². The van der Waals surface area contributed by atoms with Crippen LogP contribution in [0.3, 0.4) is 0 Å². The molecule has 1 unspecified atom stereocenters. The fraction of sp³-hybridized carbons (Fsp3) is 0.425. The van der Waals surface area contributed by atoms with Crippen LogP contribution in [-0.2, 0) is 40.9 Å². The number of piperidine rings is 1. The number of aromatic nitrogens is 1. The lowest BCUT2D eigenvalue weighted by Gasteiger charge is -2.30. The summed E-state index contributed by atoms with van der Waals surface area (Å²) < 4.78 is 19.0. The number of hydrogen-bond donors (Lipinski definition) is 2. The quantitative estimate of drug-likeness (QED) is 0.194. The minimum absolute atomic E-state index is 0.0329. The first-order valence-electron chi connectivity index (χ1n) is 18.5. The van der Waals surface area contributed by atoms with E-state index < -0.39 is 29.7 Å². The van der Waals surface area contributed by atoms with Gasteiger partial charge in [-0.1, -0.05) is 6.07 Å². The molecule has 0 saturated carbocycles. The Balaban J connectivity index is 1.05. The standard InChI is InChI=1S/C40H46N6O10/c1-41-40(53)45-16-15-24-26(20-44(3)37(50)27(24)22-45)23-18-31(54-4)28(32(19-23)55-5)21-43(2)34(48)12-7-6-8-17-56-30-11-9-10-25-35(30)39(52)46(38(25)51)29-13-14-33(47)42-36(29)49/h9-11,18-20,29H,6-8,12-17,21-22H2,1-5H3,(H,41,53)(H,42,47,49). The molecular weight excluding hydrogens is 724 g/mol. The van der Waals surface area contributed by atoms with Crippen LogP contribution in [0.1, 0.15) is 75.9 Å². The SMILES string of the molecule is CNC(=O)N1CCc2c(-c3cc(OC)c(CN(C)C(=O)CCCCCOc4cccc5c4C(=O)N(C4CCC(=O)NC4=O)C5=O)c(OC)c3)cn(C)c(=O)c2C1. The van der Waals surface area contributed by atoms with E-state index in [0.717, 1.165) is 21.6 Å². The number of fused-ring (bicyclic) bond motifs is 2. The highest BCUT2D eigenvalue weighted by atomic mass is 16.5. The zero-order valence-electron chi connectivity index (χ0n) is 32.2. The number of nitrogens with zero attached hydrogens (tertiary/aromatic N) is 4. The minimum Gasteiger partial charge on any atom is -0.496 e. The third kappa shape index (κ3) is 7.68. The van der Waals surface area contributed by atoms with Crippen LogP contribution in [0.4, 0.5) is 4.79 Å². The number of carbonyl (C=O) groups is 6. The van der Waals surface area contributed by atoms with Crippen LogP contribution in [0.2, 0.25) is 0 Å². The number of amides is 7. The number of hydrogen-bond acceptors (Lipinski definition) is 10. The largest absolute Gasteiger partial charge is 0.496 e. The summed E-state index contributed by atoms with van der Waals surface area (Å²) in [6, 6.07) is 7.17. The molecule has 0 aliphatic carbocycles. The molecular formula is C40H46N6O10. The van der Waals surface area contributed by atoms with Gasteiger partial charge in [-0.2, -0.15) is 0 Å². The van der Waals surface area contributed by atoms with Crippen molar-refractivity contribution in [2.75, 3.05) is 41.5 Å². The number of carbonyl (C=O) groups excluding carboxylic acids is 6. The molecule has 1 atom stereocenters. The summed E-state index contributed by atoms with van der Waals surface area (Å²) in [7, 11) is 8.06. The molecule has 2 N–H and O–H groups in total. The molecule has 1 saturated heterocycles. The van der Waals surface area contributed by atoms with Gasteiger partial charge in [0.15, 0.2) is 0 Å². The molecule has 0 radical (unpaired) electrons. The summed E-state index contributed by atoms with van der Waals surface area (Å²) in [4.78, 5) is 93.2. The Morgan fingerprint density at radius 3 is 2.34 bits per heavy atom. The van der Waals surface area contributed by atoms with Gasteiger partial charge < -0.3 is 33.9 Å². The maximum atomic E-state index is 13.3. The van der Waals surface area contributed by atoms with Gasteiger partial charge in [0.05, 0.1) is 50.6 Å². The van der Waals surface area contributed by atoms with Crippen LogP contribution in [-0.4, -0.2) is 102 Å². The molecule has 0 bridgehead atoms. The summed E-state index contributed by atoms with van der Waals surface area (Å²) in [5, 5.41) is 4.82. The Labute approximate surface area is 323 Å². The lowest BCUT2D eigenvalue weighted by atomic mass is 9.91. The monoisotopic (exact) mass is 770 g/mol. The summed E-state index contributed by atoms with van der Waals surface area (Å²) in [6.07, 6.45) is 4.51. The van der Waals surface area contributed by atoms with E-state index in [1.54, 1.807) is 63.5 Å². The number of imide groups is 2. The third-order valence-corrected chi connectivity index (χ3v) is 10.5. The van der Waals surface area contributed by atoms with Crippen molar-refractivity contribution < 1.29 is 43.0 Å². The average molecular weight is 771 g/mol. The number of rotatable bonds is 13. The zero-order valence-corrected chi connectivity index (χ0v) is 32.2. The second kappa shape index (κ2) is 16.7. The molecule has 296 valence electrons. The first kappa shape index (κ1) is 39.5. The zero-order chi connectivity index (χ0) is 40.3. The molecule has 1 aromatic heterocycles. The van der Waals surface area contributed by atoms with E-state index in [1.165, 1.54) is 10.6 Å². The van der Waals surface area contributed by atoms with Gasteiger partial charge in [0.25, 0.3) is 17.4 Å². The second-order valence-corrected chi connectivity index (χ2v) is 14.0. The molecule has 56 heavy (non-hydrogen) atoms. The highest BCUT2D eigenvalue weighted by Gasteiger charge is 2.46. The predicted octanol–water partition coefficient (Wildman–Crippen LogP) is 2.77. The number of urea groups is 1.